The van der Waals surface area contributed by atoms with Gasteiger partial charge >= 0.3 is 11.9 Å². The van der Waals surface area contributed by atoms with Crippen molar-refractivity contribution < 1.29 is 29.3 Å². The van der Waals surface area contributed by atoms with E-state index in [2.05, 4.69) is 73.4 Å². The highest BCUT2D eigenvalue weighted by molar-refractivity contribution is 5.88. The van der Waals surface area contributed by atoms with E-state index in [4.69, 9.17) is 14.6 Å². The molecule has 8 bridgehead atoms. The van der Waals surface area contributed by atoms with Crippen LogP contribution in [-0.2, 0) is 25.5 Å². The Bertz CT molecular complexity index is 1820. The Morgan fingerprint density at radius 1 is 1.00 bits per heavy atom. The standard InChI is InChI=1S/C37H48N4O6/c1-8-21-17(3)24-14-26-19(5)23(10-11-30(43)47-13-12-42)34(40-26)32-33(37(45)46-7)36(44)31-20(6)27(41-35(31)32)16-29-22(9-2)18(4)25(39-29)15-28(21)38-24/h14-16,19,21,23,33-34,36,38-42,44H,8-13H2,1-7H3/b26-14-,27-16-,28-15-/t19-,21-,23-,33+,34?,36+/m0/s1. The molecule has 0 saturated carbocycles. The number of carbonyl (C=O) groups excluding carboxylic acids is 2. The molecule has 0 amide bonds. The Balaban J connectivity index is 1.61. The number of hydrogen-bond acceptors (Lipinski definition) is 8. The minimum atomic E-state index is -1.09. The quantitative estimate of drug-likeness (QED) is 0.241. The number of carbonyl (C=O) groups is 2. The topological polar surface area (TPSA) is 149 Å². The third-order valence-electron chi connectivity index (χ3n) is 11.0. The summed E-state index contributed by atoms with van der Waals surface area (Å²) in [4.78, 5) is 33.4. The summed E-state index contributed by atoms with van der Waals surface area (Å²) in [6, 6.07) is -0.370. The first-order chi connectivity index (χ1) is 22.5. The lowest BCUT2D eigenvalue weighted by atomic mass is 9.80. The second-order valence-corrected chi connectivity index (χ2v) is 13.3. The Labute approximate surface area is 275 Å². The Hall–Kier alpha value is -4.02. The average Bonchev–Trinajstić information content (AvgIpc) is 3.79. The first-order valence-electron chi connectivity index (χ1n) is 16.9. The van der Waals surface area contributed by atoms with Crippen LogP contribution in [0.1, 0.15) is 86.7 Å². The molecule has 2 aromatic rings. The number of H-pyrrole nitrogens is 2. The molecule has 10 nitrogen and oxygen atoms in total. The minimum absolute atomic E-state index is 0.00878. The SMILES string of the molecule is CCc1c2[nH]c(c1C)/C=C1\NC(=C(C)[C@@H]1CC)/C=C1\NC(C3=c4[nH]/c(c(C)c4[C@@H](O)[C@@H]3C(=O)OC)=C\2)[C@@H](CCC(=O)OCCO)[C@@H]1C. The number of hydrogen-bond donors (Lipinski definition) is 6. The number of ether oxygens (including phenoxy) is 2. The van der Waals surface area contributed by atoms with E-state index in [1.165, 1.54) is 23.8 Å². The molecule has 0 spiro atoms. The summed E-state index contributed by atoms with van der Waals surface area (Å²) in [5, 5.41) is 30.1. The molecule has 1 fully saturated rings. The highest BCUT2D eigenvalue weighted by Crippen LogP contribution is 2.45. The van der Waals surface area contributed by atoms with Crippen LogP contribution in [-0.4, -0.2) is 58.5 Å². The highest BCUT2D eigenvalue weighted by Gasteiger charge is 2.49. The highest BCUT2D eigenvalue weighted by atomic mass is 16.5. The van der Waals surface area contributed by atoms with Crippen LogP contribution in [0.25, 0.3) is 17.7 Å². The lowest BCUT2D eigenvalue weighted by Crippen LogP contribution is -2.37. The number of rotatable bonds is 8. The second-order valence-electron chi connectivity index (χ2n) is 13.3. The predicted molar refractivity (Wildman–Crippen MR) is 180 cm³/mol. The normalized spacial score (nSPS) is 29.0. The van der Waals surface area contributed by atoms with Crippen LogP contribution in [0, 0.1) is 37.5 Å². The molecule has 252 valence electrons. The molecule has 1 unspecified atom stereocenters. The van der Waals surface area contributed by atoms with Crippen molar-refractivity contribution >= 4 is 29.7 Å². The summed E-state index contributed by atoms with van der Waals surface area (Å²) < 4.78 is 10.5. The molecule has 3 aliphatic heterocycles. The van der Waals surface area contributed by atoms with Gasteiger partial charge in [0.1, 0.15) is 12.5 Å². The van der Waals surface area contributed by atoms with Gasteiger partial charge in [-0.2, -0.15) is 0 Å². The molecule has 1 aliphatic carbocycles. The van der Waals surface area contributed by atoms with Crippen LogP contribution >= 0.6 is 0 Å². The van der Waals surface area contributed by atoms with Crippen molar-refractivity contribution in [2.24, 2.45) is 23.7 Å². The number of aromatic amines is 2. The van der Waals surface area contributed by atoms with Crippen molar-refractivity contribution in [3.63, 3.8) is 0 Å². The van der Waals surface area contributed by atoms with Crippen molar-refractivity contribution in [2.45, 2.75) is 79.4 Å². The summed E-state index contributed by atoms with van der Waals surface area (Å²) >= 11 is 0. The Kier molecular flexibility index (Phi) is 9.02. The van der Waals surface area contributed by atoms with Crippen molar-refractivity contribution in [3.05, 3.63) is 73.1 Å². The molecule has 2 aromatic heterocycles. The van der Waals surface area contributed by atoms with Crippen LogP contribution in [0.2, 0.25) is 0 Å². The fraction of sp³-hybridized carbons (Fsp3) is 0.514. The molecule has 10 heteroatoms. The molecule has 6 rings (SSSR count). The molecule has 1 saturated heterocycles. The Morgan fingerprint density at radius 3 is 2.45 bits per heavy atom. The fourth-order valence-electron chi connectivity index (χ4n) is 8.38. The predicted octanol–water partition coefficient (Wildman–Crippen LogP) is 3.02. The van der Waals surface area contributed by atoms with E-state index in [-0.39, 0.29) is 49.4 Å². The summed E-state index contributed by atoms with van der Waals surface area (Å²) in [5.74, 6) is -1.66. The van der Waals surface area contributed by atoms with Gasteiger partial charge in [-0.1, -0.05) is 20.8 Å². The fourth-order valence-corrected chi connectivity index (χ4v) is 8.38. The molecule has 4 aliphatic rings. The molecule has 5 heterocycles. The zero-order valence-corrected chi connectivity index (χ0v) is 28.5. The molecule has 47 heavy (non-hydrogen) atoms. The van der Waals surface area contributed by atoms with Gasteiger partial charge in [-0.15, -0.1) is 0 Å². The third-order valence-corrected chi connectivity index (χ3v) is 11.0. The monoisotopic (exact) mass is 644 g/mol. The van der Waals surface area contributed by atoms with Gasteiger partial charge in [0.2, 0.25) is 0 Å². The van der Waals surface area contributed by atoms with Crippen molar-refractivity contribution in [1.82, 2.24) is 20.6 Å². The Morgan fingerprint density at radius 2 is 1.77 bits per heavy atom. The first-order valence-corrected chi connectivity index (χ1v) is 16.9. The number of nitrogens with one attached hydrogen (secondary N) is 4. The average molecular weight is 645 g/mol. The second kappa shape index (κ2) is 12.9. The van der Waals surface area contributed by atoms with Crippen molar-refractivity contribution in [2.75, 3.05) is 20.3 Å². The largest absolute Gasteiger partial charge is 0.468 e. The van der Waals surface area contributed by atoms with Gasteiger partial charge in [-0.3, -0.25) is 9.59 Å². The van der Waals surface area contributed by atoms with E-state index in [9.17, 15) is 14.7 Å². The van der Waals surface area contributed by atoms with Crippen LogP contribution in [0.5, 0.6) is 0 Å². The van der Waals surface area contributed by atoms with Crippen molar-refractivity contribution in [1.29, 1.82) is 0 Å². The van der Waals surface area contributed by atoms with E-state index in [0.29, 0.717) is 12.0 Å². The molecular formula is C37H48N4O6. The van der Waals surface area contributed by atoms with Crippen molar-refractivity contribution in [3.8, 4) is 0 Å². The number of fused-ring (bicyclic) bond motifs is 8. The summed E-state index contributed by atoms with van der Waals surface area (Å²) in [5.41, 5.74) is 11.3. The minimum Gasteiger partial charge on any atom is -0.468 e. The van der Waals surface area contributed by atoms with Crippen LogP contribution in [0.15, 0.2) is 28.7 Å². The van der Waals surface area contributed by atoms with Gasteiger partial charge in [0.05, 0.1) is 25.9 Å². The molecule has 0 radical (unpaired) electrons. The van der Waals surface area contributed by atoms with E-state index in [1.54, 1.807) is 0 Å². The zero-order valence-electron chi connectivity index (χ0n) is 28.5. The van der Waals surface area contributed by atoms with Crippen LogP contribution in [0.4, 0.5) is 0 Å². The molecule has 6 atom stereocenters. The number of allylic oxidation sites excluding steroid dienone is 3. The van der Waals surface area contributed by atoms with E-state index in [1.807, 2.05) is 6.92 Å². The van der Waals surface area contributed by atoms with E-state index in [0.717, 1.165) is 63.2 Å². The maximum Gasteiger partial charge on any atom is 0.315 e. The van der Waals surface area contributed by atoms with Gasteiger partial charge in [-0.05, 0) is 92.0 Å². The van der Waals surface area contributed by atoms with Crippen LogP contribution < -0.4 is 21.3 Å². The van der Waals surface area contributed by atoms with E-state index < -0.39 is 18.0 Å². The van der Waals surface area contributed by atoms with Crippen LogP contribution in [0.3, 0.4) is 0 Å². The maximum absolute atomic E-state index is 13.4. The summed E-state index contributed by atoms with van der Waals surface area (Å²) in [6.07, 6.45) is 7.90. The molecular weight excluding hydrogens is 596 g/mol. The number of methoxy groups -OCH3 is 1. The molecule has 6 N–H and O–H groups in total. The third kappa shape index (κ3) is 5.45. The van der Waals surface area contributed by atoms with E-state index >= 15 is 0 Å². The first kappa shape index (κ1) is 32.9. The number of aliphatic hydroxyl groups is 2. The number of aliphatic hydroxyl groups excluding tert-OH is 2. The van der Waals surface area contributed by atoms with Gasteiger partial charge in [0.25, 0.3) is 0 Å². The van der Waals surface area contributed by atoms with Gasteiger partial charge < -0.3 is 40.3 Å². The van der Waals surface area contributed by atoms with Gasteiger partial charge in [0, 0.05) is 63.0 Å². The summed E-state index contributed by atoms with van der Waals surface area (Å²) in [6.45, 7) is 12.6. The number of esters is 2. The lowest BCUT2D eigenvalue weighted by Gasteiger charge is -2.27. The zero-order chi connectivity index (χ0) is 33.7. The maximum atomic E-state index is 13.4. The smallest absolute Gasteiger partial charge is 0.315 e. The van der Waals surface area contributed by atoms with Gasteiger partial charge in [-0.25, -0.2) is 0 Å². The number of aromatic nitrogens is 2. The summed E-state index contributed by atoms with van der Waals surface area (Å²) in [7, 11) is 1.35. The van der Waals surface area contributed by atoms with Gasteiger partial charge in [0.15, 0.2) is 0 Å². The lowest BCUT2D eigenvalue weighted by molar-refractivity contribution is -0.147. The molecule has 0 aromatic carbocycles.